The molecule has 0 aliphatic heterocycles. The average Bonchev–Trinajstić information content (AvgIpc) is 3.18. The maximum absolute atomic E-state index is 12.1. The van der Waals surface area contributed by atoms with Gasteiger partial charge in [-0.05, 0) is 61.9 Å². The molecule has 0 unspecified atom stereocenters. The van der Waals surface area contributed by atoms with Crippen molar-refractivity contribution in [2.24, 2.45) is 29.1 Å². The summed E-state index contributed by atoms with van der Waals surface area (Å²) < 4.78 is 0. The molecule has 0 aromatic carbocycles. The maximum Gasteiger partial charge on any atom is 0.158 e. The van der Waals surface area contributed by atoms with Crippen molar-refractivity contribution < 1.29 is 9.59 Å². The van der Waals surface area contributed by atoms with Crippen molar-refractivity contribution in [1.82, 2.24) is 0 Å². The zero-order valence-corrected chi connectivity index (χ0v) is 12.7. The summed E-state index contributed by atoms with van der Waals surface area (Å²) in [6.07, 6.45) is 11.3. The quantitative estimate of drug-likeness (QED) is 0.728. The fraction of sp³-hybridized carbons (Fsp3) is 0.778. The van der Waals surface area contributed by atoms with Crippen molar-refractivity contribution in [3.63, 3.8) is 0 Å². The van der Waals surface area contributed by atoms with Gasteiger partial charge in [-0.3, -0.25) is 9.59 Å². The van der Waals surface area contributed by atoms with Crippen LogP contribution in [-0.2, 0) is 9.59 Å². The number of hydrogen-bond acceptors (Lipinski definition) is 2. The summed E-state index contributed by atoms with van der Waals surface area (Å²) in [4.78, 5) is 23.9. The number of Topliss-reactive ketones (excluding diaryl/α,β-unsaturated/α-hetero) is 1. The predicted molar refractivity (Wildman–Crippen MR) is 79.2 cm³/mol. The lowest BCUT2D eigenvalue weighted by Crippen LogP contribution is -2.39. The van der Waals surface area contributed by atoms with Crippen LogP contribution in [0.5, 0.6) is 0 Å². The van der Waals surface area contributed by atoms with Crippen LogP contribution < -0.4 is 0 Å². The first-order valence-electron chi connectivity index (χ1n) is 8.27. The molecule has 0 radical (unpaired) electrons. The van der Waals surface area contributed by atoms with Gasteiger partial charge in [0.15, 0.2) is 5.78 Å². The molecule has 0 bridgehead atoms. The Bertz CT molecular complexity index is 446. The second-order valence-electron chi connectivity index (χ2n) is 7.46. The van der Waals surface area contributed by atoms with E-state index in [1.165, 1.54) is 6.42 Å². The lowest BCUT2D eigenvalue weighted by Gasteiger charge is -2.41. The van der Waals surface area contributed by atoms with Crippen molar-refractivity contribution in [3.8, 4) is 0 Å². The van der Waals surface area contributed by atoms with Gasteiger partial charge in [-0.25, -0.2) is 0 Å². The van der Waals surface area contributed by atoms with E-state index in [1.54, 1.807) is 0 Å². The second-order valence-corrected chi connectivity index (χ2v) is 7.46. The van der Waals surface area contributed by atoms with Crippen molar-refractivity contribution in [1.29, 1.82) is 0 Å². The van der Waals surface area contributed by atoms with Gasteiger partial charge in [-0.1, -0.05) is 19.9 Å². The van der Waals surface area contributed by atoms with Gasteiger partial charge < -0.3 is 0 Å². The highest BCUT2D eigenvalue weighted by Gasteiger charge is 2.51. The van der Waals surface area contributed by atoms with Crippen molar-refractivity contribution in [3.05, 3.63) is 12.2 Å². The molecule has 0 spiro atoms. The monoisotopic (exact) mass is 274 g/mol. The van der Waals surface area contributed by atoms with Crippen LogP contribution in [0.15, 0.2) is 12.2 Å². The predicted octanol–water partition coefficient (Wildman–Crippen LogP) is 3.94. The van der Waals surface area contributed by atoms with Crippen LogP contribution in [0.4, 0.5) is 0 Å². The molecule has 20 heavy (non-hydrogen) atoms. The fourth-order valence-electron chi connectivity index (χ4n) is 4.72. The molecule has 4 atom stereocenters. The van der Waals surface area contributed by atoms with Gasteiger partial charge in [-0.15, -0.1) is 0 Å². The largest absolute Gasteiger partial charge is 0.299 e. The Morgan fingerprint density at radius 2 is 2.05 bits per heavy atom. The van der Waals surface area contributed by atoms with Gasteiger partial charge in [-0.2, -0.15) is 0 Å². The minimum atomic E-state index is 0.182. The number of allylic oxidation sites excluding steroid dienone is 2. The number of hydrogen-bond donors (Lipinski definition) is 0. The van der Waals surface area contributed by atoms with E-state index in [-0.39, 0.29) is 11.3 Å². The van der Waals surface area contributed by atoms with Crippen LogP contribution in [0.3, 0.4) is 0 Å². The van der Waals surface area contributed by atoms with E-state index in [0.717, 1.165) is 38.5 Å². The summed E-state index contributed by atoms with van der Waals surface area (Å²) in [7, 11) is 0. The molecule has 0 saturated heterocycles. The smallest absolute Gasteiger partial charge is 0.158 e. The number of carbonyl (C=O) groups excluding carboxylic acids is 2. The van der Waals surface area contributed by atoms with Gasteiger partial charge in [0.05, 0.1) is 0 Å². The van der Waals surface area contributed by atoms with Crippen LogP contribution in [-0.4, -0.2) is 11.6 Å². The first-order valence-corrected chi connectivity index (χ1v) is 8.27. The van der Waals surface area contributed by atoms with E-state index in [1.807, 2.05) is 6.08 Å². The fourth-order valence-corrected chi connectivity index (χ4v) is 4.72. The third-order valence-corrected chi connectivity index (χ3v) is 6.12. The van der Waals surface area contributed by atoms with Crippen molar-refractivity contribution in [2.45, 2.75) is 58.8 Å². The Hall–Kier alpha value is -0.920. The number of fused-ring (bicyclic) bond motifs is 1. The van der Waals surface area contributed by atoms with Gasteiger partial charge >= 0.3 is 0 Å². The summed E-state index contributed by atoms with van der Waals surface area (Å²) >= 11 is 0. The molecule has 0 aromatic rings. The third-order valence-electron chi connectivity index (χ3n) is 6.12. The van der Waals surface area contributed by atoms with Crippen LogP contribution in [0, 0.1) is 29.1 Å². The van der Waals surface area contributed by atoms with Gasteiger partial charge in [0, 0.05) is 18.3 Å². The molecule has 2 nitrogen and oxygen atoms in total. The third kappa shape index (κ3) is 2.38. The summed E-state index contributed by atoms with van der Waals surface area (Å²) in [5, 5.41) is 0. The molecule has 2 heteroatoms. The van der Waals surface area contributed by atoms with E-state index in [4.69, 9.17) is 0 Å². The van der Waals surface area contributed by atoms with Gasteiger partial charge in [0.2, 0.25) is 0 Å². The normalized spacial score (nSPS) is 39.0. The van der Waals surface area contributed by atoms with Crippen LogP contribution in [0.25, 0.3) is 0 Å². The highest BCUT2D eigenvalue weighted by atomic mass is 16.1. The standard InChI is InChI=1S/C18H26O2/c1-12(5-10-16(19)13-6-7-13)14-8-9-15-17(20)4-3-11-18(14,15)2/h5,10,12-15H,3-4,6-9,11H2,1-2H3/b10-5+/t12-,14-,15+,18-/m1/s1. The Kier molecular flexibility index (Phi) is 3.60. The highest BCUT2D eigenvalue weighted by Crippen LogP contribution is 2.56. The first-order chi connectivity index (χ1) is 9.52. The van der Waals surface area contributed by atoms with E-state index >= 15 is 0 Å². The zero-order chi connectivity index (χ0) is 14.3. The molecule has 0 N–H and O–H groups in total. The minimum absolute atomic E-state index is 0.182. The Morgan fingerprint density at radius 3 is 2.75 bits per heavy atom. The van der Waals surface area contributed by atoms with Gasteiger partial charge in [0.1, 0.15) is 5.78 Å². The summed E-state index contributed by atoms with van der Waals surface area (Å²) in [6.45, 7) is 4.55. The minimum Gasteiger partial charge on any atom is -0.299 e. The zero-order valence-electron chi connectivity index (χ0n) is 12.7. The SMILES string of the molecule is C[C@H](/C=C/C(=O)C1CC1)[C@H]1CC[C@H]2C(=O)CCC[C@]12C. The maximum atomic E-state index is 12.1. The van der Waals surface area contributed by atoms with E-state index in [0.29, 0.717) is 29.3 Å². The summed E-state index contributed by atoms with van der Waals surface area (Å²) in [6, 6.07) is 0. The lowest BCUT2D eigenvalue weighted by atomic mass is 9.62. The molecule has 3 fully saturated rings. The van der Waals surface area contributed by atoms with Crippen molar-refractivity contribution in [2.75, 3.05) is 0 Å². The number of carbonyl (C=O) groups is 2. The molecule has 3 rings (SSSR count). The highest BCUT2D eigenvalue weighted by molar-refractivity contribution is 5.93. The topological polar surface area (TPSA) is 34.1 Å². The first kappa shape index (κ1) is 14.0. The number of ketones is 2. The number of rotatable bonds is 4. The Morgan fingerprint density at radius 1 is 1.30 bits per heavy atom. The summed E-state index contributed by atoms with van der Waals surface area (Å²) in [5.41, 5.74) is 0.182. The molecular formula is C18H26O2. The average molecular weight is 274 g/mol. The Balaban J connectivity index is 1.69. The van der Waals surface area contributed by atoms with Crippen LogP contribution in [0.1, 0.15) is 58.8 Å². The molecule has 3 aliphatic carbocycles. The van der Waals surface area contributed by atoms with Crippen LogP contribution in [0.2, 0.25) is 0 Å². The van der Waals surface area contributed by atoms with Crippen molar-refractivity contribution >= 4 is 11.6 Å². The Labute approximate surface area is 122 Å². The second kappa shape index (κ2) is 5.13. The molecular weight excluding hydrogens is 248 g/mol. The van der Waals surface area contributed by atoms with E-state index < -0.39 is 0 Å². The molecule has 0 amide bonds. The molecule has 0 aromatic heterocycles. The van der Waals surface area contributed by atoms with Crippen LogP contribution >= 0.6 is 0 Å². The molecule has 0 heterocycles. The van der Waals surface area contributed by atoms with E-state index in [9.17, 15) is 9.59 Å². The molecule has 110 valence electrons. The van der Waals surface area contributed by atoms with E-state index in [2.05, 4.69) is 19.9 Å². The molecule has 3 aliphatic rings. The lowest BCUT2D eigenvalue weighted by molar-refractivity contribution is -0.129. The van der Waals surface area contributed by atoms with Gasteiger partial charge in [0.25, 0.3) is 0 Å². The molecule has 3 saturated carbocycles. The summed E-state index contributed by atoms with van der Waals surface area (Å²) in [5.74, 6) is 2.40.